The zero-order chi connectivity index (χ0) is 19.1. The molecule has 0 spiro atoms. The molecule has 26 heavy (non-hydrogen) atoms. The van der Waals surface area contributed by atoms with Gasteiger partial charge in [-0.25, -0.2) is 0 Å². The number of aromatic nitrogens is 2. The highest BCUT2D eigenvalue weighted by atomic mass is 35.5. The molecule has 140 valence electrons. The zero-order valence-corrected chi connectivity index (χ0v) is 16.7. The minimum Gasteiger partial charge on any atom is -0.338 e. The summed E-state index contributed by atoms with van der Waals surface area (Å²) in [6.45, 7) is 10.00. The van der Waals surface area contributed by atoms with Crippen LogP contribution >= 0.6 is 11.6 Å². The first-order valence-electron chi connectivity index (χ1n) is 9.03. The van der Waals surface area contributed by atoms with Gasteiger partial charge in [0.1, 0.15) is 0 Å². The summed E-state index contributed by atoms with van der Waals surface area (Å²) >= 11 is 6.27. The van der Waals surface area contributed by atoms with Gasteiger partial charge in [0.05, 0.1) is 17.8 Å². The summed E-state index contributed by atoms with van der Waals surface area (Å²) in [5.41, 5.74) is 9.45. The molecule has 1 atom stereocenters. The fourth-order valence-corrected chi connectivity index (χ4v) is 3.85. The van der Waals surface area contributed by atoms with Crippen LogP contribution in [0.5, 0.6) is 0 Å². The number of nitrogens with zero attached hydrogens (tertiary/aromatic N) is 3. The topological polar surface area (TPSA) is 64.2 Å². The third-order valence-corrected chi connectivity index (χ3v) is 5.84. The number of piperidine rings is 1. The standard InChI is InChI=1S/C20H27ClN4O/c1-13-18(19(26)24-10-9-17(22)20(3,4)12-24)14(2)25(23-13)11-15-7-5-6-8-16(15)21/h5-8,17H,9-12,22H2,1-4H3. The van der Waals surface area contributed by atoms with E-state index in [4.69, 9.17) is 17.3 Å². The van der Waals surface area contributed by atoms with E-state index in [0.29, 0.717) is 30.2 Å². The Morgan fingerprint density at radius 3 is 2.69 bits per heavy atom. The second-order valence-corrected chi connectivity index (χ2v) is 8.31. The Morgan fingerprint density at radius 1 is 1.35 bits per heavy atom. The molecule has 1 aromatic heterocycles. The molecule has 1 unspecified atom stereocenters. The van der Waals surface area contributed by atoms with Crippen LogP contribution in [0.15, 0.2) is 24.3 Å². The van der Waals surface area contributed by atoms with Crippen molar-refractivity contribution >= 4 is 17.5 Å². The molecule has 1 aliphatic heterocycles. The van der Waals surface area contributed by atoms with Gasteiger partial charge in [-0.15, -0.1) is 0 Å². The minimum absolute atomic E-state index is 0.0467. The smallest absolute Gasteiger partial charge is 0.257 e. The lowest BCUT2D eigenvalue weighted by Gasteiger charge is -2.42. The Kier molecular flexibility index (Phi) is 5.13. The molecule has 0 saturated carbocycles. The van der Waals surface area contributed by atoms with Gasteiger partial charge in [-0.05, 0) is 37.3 Å². The number of likely N-dealkylation sites (tertiary alicyclic amines) is 1. The molecule has 1 aromatic carbocycles. The molecule has 2 N–H and O–H groups in total. The number of hydrogen-bond acceptors (Lipinski definition) is 3. The highest BCUT2D eigenvalue weighted by molar-refractivity contribution is 6.31. The molecule has 1 aliphatic rings. The minimum atomic E-state index is -0.0801. The number of aryl methyl sites for hydroxylation is 1. The van der Waals surface area contributed by atoms with Crippen molar-refractivity contribution in [3.05, 3.63) is 51.8 Å². The maximum Gasteiger partial charge on any atom is 0.257 e. The van der Waals surface area contributed by atoms with Crippen LogP contribution in [0.3, 0.4) is 0 Å². The molecule has 1 amide bonds. The Hall–Kier alpha value is -1.85. The van der Waals surface area contributed by atoms with E-state index in [2.05, 4.69) is 18.9 Å². The molecule has 0 bridgehead atoms. The van der Waals surface area contributed by atoms with Crippen molar-refractivity contribution in [2.45, 2.75) is 46.7 Å². The highest BCUT2D eigenvalue weighted by Gasteiger charge is 2.36. The van der Waals surface area contributed by atoms with Crippen LogP contribution in [0.4, 0.5) is 0 Å². The van der Waals surface area contributed by atoms with Gasteiger partial charge < -0.3 is 10.6 Å². The first-order chi connectivity index (χ1) is 12.2. The number of carbonyl (C=O) groups is 1. The van der Waals surface area contributed by atoms with Crippen LogP contribution in [-0.4, -0.2) is 39.7 Å². The van der Waals surface area contributed by atoms with Crippen LogP contribution in [0.2, 0.25) is 5.02 Å². The van der Waals surface area contributed by atoms with Gasteiger partial charge in [0.25, 0.3) is 5.91 Å². The molecular weight excluding hydrogens is 348 g/mol. The number of rotatable bonds is 3. The van der Waals surface area contributed by atoms with Crippen LogP contribution in [0.1, 0.15) is 47.6 Å². The van der Waals surface area contributed by atoms with Gasteiger partial charge in [-0.3, -0.25) is 9.48 Å². The molecule has 5 nitrogen and oxygen atoms in total. The van der Waals surface area contributed by atoms with Crippen molar-refractivity contribution in [1.29, 1.82) is 0 Å². The number of nitrogens with two attached hydrogens (primary N) is 1. The number of halogens is 1. The summed E-state index contributed by atoms with van der Waals surface area (Å²) < 4.78 is 1.87. The predicted octanol–water partition coefficient (Wildman–Crippen LogP) is 3.40. The second-order valence-electron chi connectivity index (χ2n) is 7.91. The molecule has 6 heteroatoms. The van der Waals surface area contributed by atoms with Crippen molar-refractivity contribution < 1.29 is 4.79 Å². The van der Waals surface area contributed by atoms with Gasteiger partial charge in [0, 0.05) is 29.8 Å². The maximum absolute atomic E-state index is 13.2. The quantitative estimate of drug-likeness (QED) is 0.895. The average molecular weight is 375 g/mol. The molecule has 2 aromatic rings. The predicted molar refractivity (Wildman–Crippen MR) is 105 cm³/mol. The summed E-state index contributed by atoms with van der Waals surface area (Å²) in [6, 6.07) is 7.84. The Labute approximate surface area is 160 Å². The molecule has 0 aliphatic carbocycles. The van der Waals surface area contributed by atoms with Crippen molar-refractivity contribution in [3.8, 4) is 0 Å². The van der Waals surface area contributed by atoms with Crippen LogP contribution < -0.4 is 5.73 Å². The first-order valence-corrected chi connectivity index (χ1v) is 9.41. The van der Waals surface area contributed by atoms with Crippen LogP contribution in [0.25, 0.3) is 0 Å². The number of benzene rings is 1. The van der Waals surface area contributed by atoms with E-state index in [1.807, 2.05) is 47.7 Å². The van der Waals surface area contributed by atoms with Gasteiger partial charge in [-0.2, -0.15) is 5.10 Å². The number of carbonyl (C=O) groups excluding carboxylic acids is 1. The summed E-state index contributed by atoms with van der Waals surface area (Å²) in [7, 11) is 0. The lowest BCUT2D eigenvalue weighted by molar-refractivity contribution is 0.0531. The fraction of sp³-hybridized carbons (Fsp3) is 0.500. The Morgan fingerprint density at radius 2 is 2.04 bits per heavy atom. The van der Waals surface area contributed by atoms with E-state index in [1.54, 1.807) is 0 Å². The molecular formula is C20H27ClN4O. The normalized spacial score (nSPS) is 19.6. The third kappa shape index (κ3) is 3.51. The van der Waals surface area contributed by atoms with Gasteiger partial charge in [0.2, 0.25) is 0 Å². The Bertz CT molecular complexity index is 827. The van der Waals surface area contributed by atoms with E-state index in [0.717, 1.165) is 23.4 Å². The van der Waals surface area contributed by atoms with Crippen molar-refractivity contribution in [1.82, 2.24) is 14.7 Å². The van der Waals surface area contributed by atoms with Gasteiger partial charge in [-0.1, -0.05) is 43.6 Å². The SMILES string of the molecule is Cc1nn(Cc2ccccc2Cl)c(C)c1C(=O)N1CCC(N)C(C)(C)C1. The van der Waals surface area contributed by atoms with Crippen molar-refractivity contribution in [2.75, 3.05) is 13.1 Å². The molecule has 0 radical (unpaired) electrons. The molecule has 3 rings (SSSR count). The van der Waals surface area contributed by atoms with E-state index in [9.17, 15) is 4.79 Å². The first kappa shape index (κ1) is 18.9. The van der Waals surface area contributed by atoms with Crippen LogP contribution in [0, 0.1) is 19.3 Å². The summed E-state index contributed by atoms with van der Waals surface area (Å²) in [5, 5.41) is 5.31. The largest absolute Gasteiger partial charge is 0.338 e. The number of hydrogen-bond donors (Lipinski definition) is 1. The summed E-state index contributed by atoms with van der Waals surface area (Å²) in [5.74, 6) is 0.0467. The lowest BCUT2D eigenvalue weighted by Crippen LogP contribution is -2.54. The van der Waals surface area contributed by atoms with Crippen molar-refractivity contribution in [3.63, 3.8) is 0 Å². The maximum atomic E-state index is 13.2. The Balaban J connectivity index is 1.86. The molecule has 2 heterocycles. The van der Waals surface area contributed by atoms with Crippen LogP contribution in [-0.2, 0) is 6.54 Å². The lowest BCUT2D eigenvalue weighted by atomic mass is 9.79. The van der Waals surface area contributed by atoms with Gasteiger partial charge in [0.15, 0.2) is 0 Å². The molecule has 1 fully saturated rings. The summed E-state index contributed by atoms with van der Waals surface area (Å²) in [4.78, 5) is 15.1. The van der Waals surface area contributed by atoms with E-state index < -0.39 is 0 Å². The number of amides is 1. The second kappa shape index (κ2) is 7.05. The molecule has 1 saturated heterocycles. The van der Waals surface area contributed by atoms with Gasteiger partial charge >= 0.3 is 0 Å². The monoisotopic (exact) mass is 374 g/mol. The van der Waals surface area contributed by atoms with E-state index in [-0.39, 0.29) is 17.4 Å². The third-order valence-electron chi connectivity index (χ3n) is 5.47. The zero-order valence-electron chi connectivity index (χ0n) is 15.9. The van der Waals surface area contributed by atoms with Crippen molar-refractivity contribution in [2.24, 2.45) is 11.1 Å². The van der Waals surface area contributed by atoms with E-state index >= 15 is 0 Å². The van der Waals surface area contributed by atoms with E-state index in [1.165, 1.54) is 0 Å². The average Bonchev–Trinajstić information content (AvgIpc) is 2.85. The highest BCUT2D eigenvalue weighted by Crippen LogP contribution is 2.29. The summed E-state index contributed by atoms with van der Waals surface area (Å²) in [6.07, 6.45) is 0.824. The fourth-order valence-electron chi connectivity index (χ4n) is 3.65.